The minimum atomic E-state index is -1.62. The van der Waals surface area contributed by atoms with Gasteiger partial charge in [0, 0.05) is 6.42 Å². The van der Waals surface area contributed by atoms with E-state index >= 15 is 0 Å². The number of aliphatic hydroxyl groups excluding tert-OH is 5. The second kappa shape index (κ2) is 61.1. The molecule has 492 valence electrons. The van der Waals surface area contributed by atoms with E-state index in [4.69, 9.17) is 14.2 Å². The standard InChI is InChI=1S/C74H131NO10/c1-4-7-10-13-16-19-22-24-26-28-30-32-33-34-35-36-38-40-42-44-47-50-53-56-59-62-69(79)85-72-71(81)70(80)68(63-76)84-74(72)83-64-65(66(77)60-57-54-51-48-45-21-18-15-12-9-6-3)75-73(82)67(78)61-58-55-52-49-46-43-41-39-37-31-29-27-25-23-20-17-14-11-8-5-2/h16-17,19-20,24-27,31,37,41,43,57,60,65-68,70-72,74,76-78,80-81H,4-15,18,21-23,28-30,32-36,38-40,42,44-56,58-59,61-64H2,1-3H3,(H,75,82)/b19-16-,20-17-,26-24-,27-25-,37-31-,43-41-,60-57+. The van der Waals surface area contributed by atoms with Crippen molar-refractivity contribution in [1.82, 2.24) is 5.32 Å². The molecule has 1 saturated heterocycles. The Labute approximate surface area is 521 Å². The fraction of sp³-hybridized carbons (Fsp3) is 0.784. The predicted octanol–water partition coefficient (Wildman–Crippen LogP) is 18.1. The van der Waals surface area contributed by atoms with E-state index in [9.17, 15) is 35.1 Å². The van der Waals surface area contributed by atoms with Crippen LogP contribution in [0.2, 0.25) is 0 Å². The molecular weight excluding hydrogens is 1060 g/mol. The van der Waals surface area contributed by atoms with Gasteiger partial charge in [-0.1, -0.05) is 286 Å². The molecule has 11 nitrogen and oxygen atoms in total. The van der Waals surface area contributed by atoms with Gasteiger partial charge in [-0.25, -0.2) is 0 Å². The van der Waals surface area contributed by atoms with Crippen molar-refractivity contribution in [2.24, 2.45) is 0 Å². The normalized spacial score (nSPS) is 18.9. The number of nitrogens with one attached hydrogen (secondary N) is 1. The molecule has 1 amide bonds. The monoisotopic (exact) mass is 1190 g/mol. The van der Waals surface area contributed by atoms with Gasteiger partial charge in [-0.05, 0) is 103 Å². The smallest absolute Gasteiger partial charge is 0.306 e. The summed E-state index contributed by atoms with van der Waals surface area (Å²) in [5.74, 6) is -1.21. The summed E-state index contributed by atoms with van der Waals surface area (Å²) in [6.45, 7) is 5.74. The first kappa shape index (κ1) is 79.9. The van der Waals surface area contributed by atoms with Crippen molar-refractivity contribution in [2.45, 2.75) is 359 Å². The topological polar surface area (TPSA) is 175 Å². The largest absolute Gasteiger partial charge is 0.454 e. The average Bonchev–Trinajstić information content (AvgIpc) is 3.60. The highest BCUT2D eigenvalue weighted by atomic mass is 16.7. The molecule has 85 heavy (non-hydrogen) atoms. The van der Waals surface area contributed by atoms with Gasteiger partial charge in [0.15, 0.2) is 12.4 Å². The number of carbonyl (C=O) groups excluding carboxylic acids is 2. The number of allylic oxidation sites excluding steroid dienone is 13. The molecule has 1 aliphatic rings. The molecule has 1 rings (SSSR count). The number of carbonyl (C=O) groups is 2. The van der Waals surface area contributed by atoms with E-state index in [1.807, 2.05) is 6.08 Å². The lowest BCUT2D eigenvalue weighted by Crippen LogP contribution is -2.61. The number of amides is 1. The average molecular weight is 1190 g/mol. The number of ether oxygens (including phenoxy) is 3. The van der Waals surface area contributed by atoms with Crippen LogP contribution >= 0.6 is 0 Å². The first-order valence-electron chi connectivity index (χ1n) is 35.4. The Morgan fingerprint density at radius 1 is 0.459 bits per heavy atom. The van der Waals surface area contributed by atoms with Gasteiger partial charge in [-0.2, -0.15) is 0 Å². The molecule has 0 saturated carbocycles. The van der Waals surface area contributed by atoms with Crippen LogP contribution in [0.5, 0.6) is 0 Å². The third kappa shape index (κ3) is 48.4. The quantitative estimate of drug-likeness (QED) is 0.0195. The van der Waals surface area contributed by atoms with Gasteiger partial charge in [0.2, 0.25) is 5.91 Å². The van der Waals surface area contributed by atoms with Crippen molar-refractivity contribution < 1.29 is 49.3 Å². The molecule has 0 aromatic heterocycles. The lowest BCUT2D eigenvalue weighted by Gasteiger charge is -2.41. The molecule has 6 N–H and O–H groups in total. The molecule has 8 atom stereocenters. The van der Waals surface area contributed by atoms with Gasteiger partial charge >= 0.3 is 5.97 Å². The maximum atomic E-state index is 13.5. The van der Waals surface area contributed by atoms with Crippen LogP contribution in [-0.4, -0.2) is 99.6 Å². The molecule has 0 aromatic carbocycles. The number of unbranched alkanes of at least 4 members (excludes halogenated alkanes) is 34. The van der Waals surface area contributed by atoms with E-state index in [1.54, 1.807) is 6.08 Å². The fourth-order valence-corrected chi connectivity index (χ4v) is 10.7. The summed E-state index contributed by atoms with van der Waals surface area (Å²) in [4.78, 5) is 26.7. The Balaban J connectivity index is 2.57. The van der Waals surface area contributed by atoms with Crippen LogP contribution in [0.15, 0.2) is 85.1 Å². The van der Waals surface area contributed by atoms with Crippen LogP contribution in [0.3, 0.4) is 0 Å². The number of rotatable bonds is 60. The zero-order chi connectivity index (χ0) is 61.7. The molecule has 0 bridgehead atoms. The highest BCUT2D eigenvalue weighted by Crippen LogP contribution is 2.26. The molecule has 1 fully saturated rings. The molecular formula is C74H131NO10. The van der Waals surface area contributed by atoms with Crippen LogP contribution in [0, 0.1) is 0 Å². The van der Waals surface area contributed by atoms with Crippen molar-refractivity contribution in [3.05, 3.63) is 85.1 Å². The van der Waals surface area contributed by atoms with Crippen LogP contribution < -0.4 is 5.32 Å². The zero-order valence-corrected chi connectivity index (χ0v) is 54.7. The minimum absolute atomic E-state index is 0.119. The third-order valence-electron chi connectivity index (χ3n) is 16.3. The lowest BCUT2D eigenvalue weighted by molar-refractivity contribution is -0.305. The third-order valence-corrected chi connectivity index (χ3v) is 16.3. The summed E-state index contributed by atoms with van der Waals surface area (Å²) in [6.07, 6.45) is 70.5. The van der Waals surface area contributed by atoms with Crippen molar-refractivity contribution in [2.75, 3.05) is 13.2 Å². The number of hydrogen-bond donors (Lipinski definition) is 6. The summed E-state index contributed by atoms with van der Waals surface area (Å²) in [5.41, 5.74) is 0. The lowest BCUT2D eigenvalue weighted by atomic mass is 9.99. The number of hydrogen-bond acceptors (Lipinski definition) is 10. The van der Waals surface area contributed by atoms with E-state index in [0.717, 1.165) is 89.9 Å². The van der Waals surface area contributed by atoms with E-state index in [2.05, 4.69) is 99.0 Å². The maximum absolute atomic E-state index is 13.5. The molecule has 11 heteroatoms. The summed E-state index contributed by atoms with van der Waals surface area (Å²) in [5, 5.41) is 57.2. The van der Waals surface area contributed by atoms with E-state index < -0.39 is 67.4 Å². The van der Waals surface area contributed by atoms with Crippen LogP contribution in [-0.2, 0) is 23.8 Å². The van der Waals surface area contributed by atoms with Crippen molar-refractivity contribution in [3.8, 4) is 0 Å². The molecule has 1 heterocycles. The van der Waals surface area contributed by atoms with Gasteiger partial charge in [0.1, 0.15) is 24.4 Å². The first-order valence-corrected chi connectivity index (χ1v) is 35.4. The zero-order valence-electron chi connectivity index (χ0n) is 54.7. The van der Waals surface area contributed by atoms with Crippen molar-refractivity contribution >= 4 is 11.9 Å². The maximum Gasteiger partial charge on any atom is 0.306 e. The Bertz CT molecular complexity index is 1710. The SMILES string of the molecule is CCCCC/C=C\C/C=C\C/C=C\C/C=C\CCCCCCC(O)C(=O)NC(COC1OC(CO)C(O)C(O)C1OC(=O)CCCCCCCCCCCCCCCCC/C=C\C/C=C\CCCCC)C(O)/C=C/CCCCCCCCCCC. The minimum Gasteiger partial charge on any atom is -0.454 e. The molecule has 0 aliphatic carbocycles. The van der Waals surface area contributed by atoms with Gasteiger partial charge < -0.3 is 45.1 Å². The Morgan fingerprint density at radius 2 is 0.812 bits per heavy atom. The molecule has 8 unspecified atom stereocenters. The summed E-state index contributed by atoms with van der Waals surface area (Å²) in [6, 6.07) is -1.04. The molecule has 0 spiro atoms. The highest BCUT2D eigenvalue weighted by molar-refractivity contribution is 5.80. The Morgan fingerprint density at radius 3 is 1.24 bits per heavy atom. The van der Waals surface area contributed by atoms with Gasteiger partial charge in [0.05, 0.1) is 25.4 Å². The fourth-order valence-electron chi connectivity index (χ4n) is 10.7. The van der Waals surface area contributed by atoms with Gasteiger partial charge in [0.25, 0.3) is 0 Å². The molecule has 0 radical (unpaired) electrons. The summed E-state index contributed by atoms with van der Waals surface area (Å²) >= 11 is 0. The first-order chi connectivity index (χ1) is 41.7. The van der Waals surface area contributed by atoms with E-state index in [0.29, 0.717) is 12.8 Å². The van der Waals surface area contributed by atoms with Gasteiger partial charge in [-0.3, -0.25) is 9.59 Å². The number of aliphatic hydroxyl groups is 5. The Hall–Kier alpha value is -3.16. The van der Waals surface area contributed by atoms with Crippen molar-refractivity contribution in [3.63, 3.8) is 0 Å². The number of esters is 1. The molecule has 0 aromatic rings. The highest BCUT2D eigenvalue weighted by Gasteiger charge is 2.47. The Kier molecular flexibility index (Phi) is 57.4. The van der Waals surface area contributed by atoms with E-state index in [1.165, 1.54) is 173 Å². The van der Waals surface area contributed by atoms with Crippen LogP contribution in [0.4, 0.5) is 0 Å². The summed E-state index contributed by atoms with van der Waals surface area (Å²) < 4.78 is 17.7. The summed E-state index contributed by atoms with van der Waals surface area (Å²) in [7, 11) is 0. The van der Waals surface area contributed by atoms with Crippen molar-refractivity contribution in [1.29, 1.82) is 0 Å². The molecule has 1 aliphatic heterocycles. The second-order valence-corrected chi connectivity index (χ2v) is 24.3. The van der Waals surface area contributed by atoms with Gasteiger partial charge in [-0.15, -0.1) is 0 Å². The van der Waals surface area contributed by atoms with E-state index in [-0.39, 0.29) is 19.4 Å². The second-order valence-electron chi connectivity index (χ2n) is 24.3. The predicted molar refractivity (Wildman–Crippen MR) is 356 cm³/mol. The van der Waals surface area contributed by atoms with Crippen LogP contribution in [0.25, 0.3) is 0 Å². The van der Waals surface area contributed by atoms with Crippen LogP contribution in [0.1, 0.15) is 310 Å².